The van der Waals surface area contributed by atoms with E-state index in [1.54, 1.807) is 0 Å². The van der Waals surface area contributed by atoms with Crippen molar-refractivity contribution in [2.24, 2.45) is 0 Å². The Bertz CT molecular complexity index is 584. The number of halogens is 2. The topological polar surface area (TPSA) is 59.4 Å². The van der Waals surface area contributed by atoms with Gasteiger partial charge in [0.05, 0.1) is 5.56 Å². The lowest BCUT2D eigenvalue weighted by atomic mass is 10.3. The molecular formula is C12H7F2NO3. The van der Waals surface area contributed by atoms with Gasteiger partial charge in [-0.3, -0.25) is 0 Å². The third-order valence-corrected chi connectivity index (χ3v) is 2.09. The zero-order valence-corrected chi connectivity index (χ0v) is 8.93. The van der Waals surface area contributed by atoms with Crippen LogP contribution in [0.1, 0.15) is 10.4 Å². The molecule has 0 saturated carbocycles. The Morgan fingerprint density at radius 2 is 2.00 bits per heavy atom. The molecule has 6 heteroatoms. The average Bonchev–Trinajstić information content (AvgIpc) is 2.33. The predicted octanol–water partition coefficient (Wildman–Crippen LogP) is 2.85. The number of hydrogen-bond donors (Lipinski definition) is 1. The van der Waals surface area contributed by atoms with Gasteiger partial charge in [0.25, 0.3) is 0 Å². The summed E-state index contributed by atoms with van der Waals surface area (Å²) >= 11 is 0. The number of nitrogens with zero attached hydrogens (tertiary/aromatic N) is 1. The normalized spacial score (nSPS) is 10.1. The highest BCUT2D eigenvalue weighted by Gasteiger charge is 2.08. The van der Waals surface area contributed by atoms with Gasteiger partial charge in [0, 0.05) is 18.3 Å². The van der Waals surface area contributed by atoms with E-state index >= 15 is 0 Å². The first-order chi connectivity index (χ1) is 8.56. The summed E-state index contributed by atoms with van der Waals surface area (Å²) in [5.74, 6) is -2.87. The Balaban J connectivity index is 2.21. The fourth-order valence-electron chi connectivity index (χ4n) is 1.24. The molecule has 0 spiro atoms. The van der Waals surface area contributed by atoms with E-state index in [4.69, 9.17) is 9.84 Å². The highest BCUT2D eigenvalue weighted by atomic mass is 19.1. The summed E-state index contributed by atoms with van der Waals surface area (Å²) in [7, 11) is 0. The van der Waals surface area contributed by atoms with Crippen LogP contribution in [0.15, 0.2) is 36.5 Å². The van der Waals surface area contributed by atoms with Gasteiger partial charge >= 0.3 is 5.97 Å². The second kappa shape index (κ2) is 4.79. The van der Waals surface area contributed by atoms with E-state index in [0.717, 1.165) is 18.3 Å². The number of ether oxygens (including phenoxy) is 1. The maximum atomic E-state index is 13.3. The molecule has 0 saturated heterocycles. The summed E-state index contributed by atoms with van der Waals surface area (Å²) in [6.07, 6.45) is 1.08. The Labute approximate surface area is 100 Å². The Morgan fingerprint density at radius 3 is 2.56 bits per heavy atom. The summed E-state index contributed by atoms with van der Waals surface area (Å²) in [5.41, 5.74) is -0.0121. The lowest BCUT2D eigenvalue weighted by Gasteiger charge is -2.05. The largest absolute Gasteiger partial charge is 0.478 e. The van der Waals surface area contributed by atoms with Crippen molar-refractivity contribution in [1.29, 1.82) is 0 Å². The molecule has 0 aliphatic carbocycles. The van der Waals surface area contributed by atoms with Crippen LogP contribution in [0.4, 0.5) is 8.78 Å². The molecule has 0 amide bonds. The van der Waals surface area contributed by atoms with Crippen LogP contribution in [0.25, 0.3) is 0 Å². The Hall–Kier alpha value is -2.50. The number of carboxylic acids is 1. The second-order valence-electron chi connectivity index (χ2n) is 3.37. The lowest BCUT2D eigenvalue weighted by Crippen LogP contribution is -1.98. The minimum atomic E-state index is -1.12. The standard InChI is InChI=1S/C12H7F2NO3/c13-8-2-3-10(9(14)5-8)18-11-4-1-7(6-15-11)12(16)17/h1-6H,(H,16,17). The number of benzene rings is 1. The van der Waals surface area contributed by atoms with Crippen LogP contribution in [-0.2, 0) is 0 Å². The second-order valence-corrected chi connectivity index (χ2v) is 3.37. The highest BCUT2D eigenvalue weighted by molar-refractivity contribution is 5.87. The van der Waals surface area contributed by atoms with Crippen LogP contribution in [-0.4, -0.2) is 16.1 Å². The van der Waals surface area contributed by atoms with Crippen molar-refractivity contribution in [1.82, 2.24) is 4.98 Å². The lowest BCUT2D eigenvalue weighted by molar-refractivity contribution is 0.0696. The molecule has 1 aromatic heterocycles. The molecule has 0 aliphatic heterocycles. The first-order valence-electron chi connectivity index (χ1n) is 4.88. The first kappa shape index (κ1) is 12.0. The van der Waals surface area contributed by atoms with Gasteiger partial charge in [0.1, 0.15) is 5.82 Å². The first-order valence-corrected chi connectivity index (χ1v) is 4.88. The van der Waals surface area contributed by atoms with Gasteiger partial charge in [0.2, 0.25) is 5.88 Å². The number of pyridine rings is 1. The molecule has 1 aromatic carbocycles. The quantitative estimate of drug-likeness (QED) is 0.911. The van der Waals surface area contributed by atoms with E-state index in [1.165, 1.54) is 12.1 Å². The van der Waals surface area contributed by atoms with Crippen LogP contribution in [0, 0.1) is 11.6 Å². The molecule has 18 heavy (non-hydrogen) atoms. The van der Waals surface area contributed by atoms with Gasteiger partial charge in [-0.25, -0.2) is 18.6 Å². The molecule has 1 heterocycles. The van der Waals surface area contributed by atoms with E-state index < -0.39 is 17.6 Å². The van der Waals surface area contributed by atoms with Crippen molar-refractivity contribution < 1.29 is 23.4 Å². The number of carboxylic acid groups (broad SMARTS) is 1. The molecule has 1 N–H and O–H groups in total. The Morgan fingerprint density at radius 1 is 1.22 bits per heavy atom. The molecular weight excluding hydrogens is 244 g/mol. The van der Waals surface area contributed by atoms with Crippen LogP contribution >= 0.6 is 0 Å². The van der Waals surface area contributed by atoms with E-state index in [1.807, 2.05) is 0 Å². The molecule has 2 rings (SSSR count). The van der Waals surface area contributed by atoms with E-state index in [2.05, 4.69) is 4.98 Å². The molecule has 0 aliphatic rings. The molecule has 2 aromatic rings. The maximum absolute atomic E-state index is 13.3. The van der Waals surface area contributed by atoms with Gasteiger partial charge in [-0.05, 0) is 18.2 Å². The van der Waals surface area contributed by atoms with Crippen LogP contribution in [0.3, 0.4) is 0 Å². The van der Waals surface area contributed by atoms with Crippen LogP contribution in [0.5, 0.6) is 11.6 Å². The average molecular weight is 251 g/mol. The van der Waals surface area contributed by atoms with Crippen molar-refractivity contribution in [3.05, 3.63) is 53.7 Å². The summed E-state index contributed by atoms with van der Waals surface area (Å²) in [6.45, 7) is 0. The number of carbonyl (C=O) groups is 1. The summed E-state index contributed by atoms with van der Waals surface area (Å²) in [4.78, 5) is 14.3. The highest BCUT2D eigenvalue weighted by Crippen LogP contribution is 2.23. The SMILES string of the molecule is O=C(O)c1ccc(Oc2ccc(F)cc2F)nc1. The summed E-state index contributed by atoms with van der Waals surface area (Å²) in [5, 5.41) is 8.66. The number of aromatic nitrogens is 1. The van der Waals surface area contributed by atoms with Crippen molar-refractivity contribution in [2.75, 3.05) is 0 Å². The Kier molecular flexibility index (Phi) is 3.18. The molecule has 0 radical (unpaired) electrons. The monoisotopic (exact) mass is 251 g/mol. The molecule has 0 bridgehead atoms. The van der Waals surface area contributed by atoms with E-state index in [0.29, 0.717) is 6.07 Å². The third-order valence-electron chi connectivity index (χ3n) is 2.09. The van der Waals surface area contributed by atoms with E-state index in [9.17, 15) is 13.6 Å². The van der Waals surface area contributed by atoms with Crippen molar-refractivity contribution in [3.63, 3.8) is 0 Å². The predicted molar refractivity (Wildman–Crippen MR) is 57.6 cm³/mol. The van der Waals surface area contributed by atoms with E-state index in [-0.39, 0.29) is 17.2 Å². The zero-order chi connectivity index (χ0) is 13.1. The number of rotatable bonds is 3. The minimum absolute atomic E-state index is 0.0121. The van der Waals surface area contributed by atoms with Crippen LogP contribution in [0.2, 0.25) is 0 Å². The van der Waals surface area contributed by atoms with Gasteiger partial charge < -0.3 is 9.84 Å². The van der Waals surface area contributed by atoms with Gasteiger partial charge in [-0.15, -0.1) is 0 Å². The molecule has 0 unspecified atom stereocenters. The number of aromatic carboxylic acids is 1. The van der Waals surface area contributed by atoms with Crippen LogP contribution < -0.4 is 4.74 Å². The smallest absolute Gasteiger partial charge is 0.337 e. The van der Waals surface area contributed by atoms with Crippen molar-refractivity contribution in [3.8, 4) is 11.6 Å². The van der Waals surface area contributed by atoms with Gasteiger partial charge in [-0.1, -0.05) is 0 Å². The van der Waals surface area contributed by atoms with Gasteiger partial charge in [0.15, 0.2) is 11.6 Å². The fraction of sp³-hybridized carbons (Fsp3) is 0. The van der Waals surface area contributed by atoms with Crippen molar-refractivity contribution in [2.45, 2.75) is 0 Å². The molecule has 0 atom stereocenters. The molecule has 0 fully saturated rings. The zero-order valence-electron chi connectivity index (χ0n) is 8.93. The third kappa shape index (κ3) is 2.60. The summed E-state index contributed by atoms with van der Waals surface area (Å²) in [6, 6.07) is 5.40. The van der Waals surface area contributed by atoms with Gasteiger partial charge in [-0.2, -0.15) is 0 Å². The number of hydrogen-bond acceptors (Lipinski definition) is 3. The minimum Gasteiger partial charge on any atom is -0.478 e. The molecule has 4 nitrogen and oxygen atoms in total. The van der Waals surface area contributed by atoms with Crippen molar-refractivity contribution >= 4 is 5.97 Å². The summed E-state index contributed by atoms with van der Waals surface area (Å²) < 4.78 is 31.0. The molecule has 92 valence electrons. The fourth-order valence-corrected chi connectivity index (χ4v) is 1.24. The maximum Gasteiger partial charge on any atom is 0.337 e.